The molecule has 0 saturated carbocycles. The van der Waals surface area contributed by atoms with Crippen molar-refractivity contribution >= 4 is 17.0 Å². The molecular formula is C25H25F3N2O3. The number of benzene rings is 2. The topological polar surface area (TPSA) is 74.6 Å². The van der Waals surface area contributed by atoms with Crippen LogP contribution in [0.3, 0.4) is 0 Å². The van der Waals surface area contributed by atoms with E-state index in [9.17, 15) is 23.4 Å². The van der Waals surface area contributed by atoms with Crippen LogP contribution in [0.4, 0.5) is 13.2 Å². The average molecular weight is 458 g/mol. The van der Waals surface area contributed by atoms with E-state index in [1.54, 1.807) is 12.1 Å². The van der Waals surface area contributed by atoms with E-state index in [1.807, 2.05) is 0 Å². The summed E-state index contributed by atoms with van der Waals surface area (Å²) in [6.07, 6.45) is 2.92. The van der Waals surface area contributed by atoms with Gasteiger partial charge in [0.15, 0.2) is 0 Å². The van der Waals surface area contributed by atoms with Gasteiger partial charge in [0.05, 0.1) is 18.2 Å². The van der Waals surface area contributed by atoms with Crippen LogP contribution in [-0.4, -0.2) is 46.6 Å². The third kappa shape index (κ3) is 5.59. The Morgan fingerprint density at radius 3 is 2.64 bits per heavy atom. The van der Waals surface area contributed by atoms with Gasteiger partial charge in [0.25, 0.3) is 0 Å². The van der Waals surface area contributed by atoms with Gasteiger partial charge in [0.1, 0.15) is 29.7 Å². The SMILES string of the molecule is O[C@H]([C@H](O)c1ccnc2ccc(F)cc12)[C@H]1CC[C@H](NC/C=C/c2cc(F)ccc2F)CO1. The summed E-state index contributed by atoms with van der Waals surface area (Å²) in [4.78, 5) is 4.17. The number of aliphatic hydroxyl groups is 2. The van der Waals surface area contributed by atoms with Crippen LogP contribution in [-0.2, 0) is 4.74 Å². The Labute approximate surface area is 189 Å². The number of nitrogens with one attached hydrogen (secondary N) is 1. The van der Waals surface area contributed by atoms with Gasteiger partial charge >= 0.3 is 0 Å². The molecule has 0 radical (unpaired) electrons. The molecule has 5 nitrogen and oxygen atoms in total. The highest BCUT2D eigenvalue weighted by Gasteiger charge is 2.33. The molecule has 0 aliphatic carbocycles. The van der Waals surface area contributed by atoms with E-state index in [0.717, 1.165) is 18.2 Å². The molecule has 4 atom stereocenters. The lowest BCUT2D eigenvalue weighted by atomic mass is 9.93. The fraction of sp³-hybridized carbons (Fsp3) is 0.320. The van der Waals surface area contributed by atoms with Crippen LogP contribution in [0.2, 0.25) is 0 Å². The van der Waals surface area contributed by atoms with Crippen molar-refractivity contribution in [1.82, 2.24) is 10.3 Å². The van der Waals surface area contributed by atoms with Gasteiger partial charge in [-0.25, -0.2) is 13.2 Å². The highest BCUT2D eigenvalue weighted by molar-refractivity contribution is 5.82. The fourth-order valence-corrected chi connectivity index (χ4v) is 4.05. The Morgan fingerprint density at radius 2 is 1.85 bits per heavy atom. The monoisotopic (exact) mass is 458 g/mol. The number of ether oxygens (including phenoxy) is 1. The maximum absolute atomic E-state index is 13.7. The van der Waals surface area contributed by atoms with Crippen LogP contribution in [0, 0.1) is 17.5 Å². The summed E-state index contributed by atoms with van der Waals surface area (Å²) >= 11 is 0. The molecule has 174 valence electrons. The number of aliphatic hydroxyl groups excluding tert-OH is 2. The molecule has 1 saturated heterocycles. The Kier molecular flexibility index (Phi) is 7.39. The minimum atomic E-state index is -1.25. The first kappa shape index (κ1) is 23.4. The molecule has 1 aliphatic rings. The van der Waals surface area contributed by atoms with Gasteiger partial charge < -0.3 is 20.3 Å². The quantitative estimate of drug-likeness (QED) is 0.501. The number of hydrogen-bond acceptors (Lipinski definition) is 5. The van der Waals surface area contributed by atoms with E-state index in [0.29, 0.717) is 42.5 Å². The van der Waals surface area contributed by atoms with Gasteiger partial charge in [-0.2, -0.15) is 0 Å². The maximum atomic E-state index is 13.7. The Bertz CT molecular complexity index is 1130. The lowest BCUT2D eigenvalue weighted by Crippen LogP contribution is -2.45. The molecule has 3 N–H and O–H groups in total. The molecule has 33 heavy (non-hydrogen) atoms. The van der Waals surface area contributed by atoms with E-state index in [4.69, 9.17) is 4.74 Å². The second-order valence-corrected chi connectivity index (χ2v) is 8.12. The zero-order valence-corrected chi connectivity index (χ0v) is 17.8. The van der Waals surface area contributed by atoms with Gasteiger partial charge in [-0.3, -0.25) is 4.98 Å². The van der Waals surface area contributed by atoms with E-state index in [-0.39, 0.29) is 11.6 Å². The number of hydrogen-bond donors (Lipinski definition) is 3. The first-order chi connectivity index (χ1) is 15.9. The summed E-state index contributed by atoms with van der Waals surface area (Å²) in [6, 6.07) is 8.98. The molecule has 0 spiro atoms. The number of aromatic nitrogens is 1. The number of nitrogens with zero attached hydrogens (tertiary/aromatic N) is 1. The number of halogens is 3. The van der Waals surface area contributed by atoms with Crippen molar-refractivity contribution in [3.63, 3.8) is 0 Å². The molecule has 0 bridgehead atoms. The van der Waals surface area contributed by atoms with Gasteiger partial charge in [0, 0.05) is 29.7 Å². The summed E-state index contributed by atoms with van der Waals surface area (Å²) in [5, 5.41) is 25.2. The van der Waals surface area contributed by atoms with Crippen LogP contribution < -0.4 is 5.32 Å². The summed E-state index contributed by atoms with van der Waals surface area (Å²) in [7, 11) is 0. The lowest BCUT2D eigenvalue weighted by molar-refractivity contribution is -0.113. The van der Waals surface area contributed by atoms with Gasteiger partial charge in [-0.15, -0.1) is 0 Å². The molecule has 3 aromatic rings. The van der Waals surface area contributed by atoms with Crippen LogP contribution in [0.15, 0.2) is 54.7 Å². The third-order valence-electron chi connectivity index (χ3n) is 5.85. The molecule has 1 fully saturated rings. The third-order valence-corrected chi connectivity index (χ3v) is 5.85. The van der Waals surface area contributed by atoms with E-state index in [2.05, 4.69) is 10.3 Å². The zero-order chi connectivity index (χ0) is 23.4. The summed E-state index contributed by atoms with van der Waals surface area (Å²) < 4.78 is 46.3. The summed E-state index contributed by atoms with van der Waals surface area (Å²) in [6.45, 7) is 0.761. The highest BCUT2D eigenvalue weighted by atomic mass is 19.1. The van der Waals surface area contributed by atoms with Crippen molar-refractivity contribution in [2.75, 3.05) is 13.2 Å². The Balaban J connectivity index is 1.30. The van der Waals surface area contributed by atoms with Crippen molar-refractivity contribution in [3.05, 3.63) is 83.3 Å². The predicted octanol–water partition coefficient (Wildman–Crippen LogP) is 3.90. The Morgan fingerprint density at radius 1 is 1.06 bits per heavy atom. The van der Waals surface area contributed by atoms with Crippen molar-refractivity contribution < 1.29 is 28.1 Å². The summed E-state index contributed by atoms with van der Waals surface area (Å²) in [5.41, 5.74) is 1.10. The number of rotatable bonds is 7. The second kappa shape index (κ2) is 10.4. The first-order valence-electron chi connectivity index (χ1n) is 10.8. The fourth-order valence-electron chi connectivity index (χ4n) is 4.05. The average Bonchev–Trinajstić information content (AvgIpc) is 2.83. The molecule has 4 rings (SSSR count). The first-order valence-corrected chi connectivity index (χ1v) is 10.8. The smallest absolute Gasteiger partial charge is 0.130 e. The van der Waals surface area contributed by atoms with Crippen LogP contribution in [0.25, 0.3) is 17.0 Å². The molecule has 2 aromatic carbocycles. The van der Waals surface area contributed by atoms with Crippen LogP contribution in [0.5, 0.6) is 0 Å². The zero-order valence-electron chi connectivity index (χ0n) is 17.8. The normalized spacial score (nSPS) is 20.9. The standard InChI is InChI=1S/C25H25F3N2O3/c26-16-3-6-21(28)15(12-16)2-1-10-29-18-5-8-23(33-14-18)25(32)24(31)19-9-11-30-22-7-4-17(27)13-20(19)22/h1-4,6-7,9,11-13,18,23-25,29,31-32H,5,8,10,14H2/b2-1+/t18-,23+,24+,25-/m0/s1. The Hall–Kier alpha value is -2.78. The van der Waals surface area contributed by atoms with Gasteiger partial charge in [-0.05, 0) is 60.9 Å². The largest absolute Gasteiger partial charge is 0.387 e. The van der Waals surface area contributed by atoms with E-state index >= 15 is 0 Å². The van der Waals surface area contributed by atoms with Crippen LogP contribution in [0.1, 0.15) is 30.1 Å². The molecule has 2 heterocycles. The molecule has 8 heteroatoms. The van der Waals surface area contributed by atoms with Crippen molar-refractivity contribution in [2.24, 2.45) is 0 Å². The van der Waals surface area contributed by atoms with E-state index in [1.165, 1.54) is 30.5 Å². The minimum absolute atomic E-state index is 0.0171. The van der Waals surface area contributed by atoms with Gasteiger partial charge in [-0.1, -0.05) is 12.2 Å². The van der Waals surface area contributed by atoms with Crippen LogP contribution >= 0.6 is 0 Å². The maximum Gasteiger partial charge on any atom is 0.130 e. The predicted molar refractivity (Wildman–Crippen MR) is 119 cm³/mol. The van der Waals surface area contributed by atoms with Gasteiger partial charge in [0.2, 0.25) is 0 Å². The number of pyridine rings is 1. The minimum Gasteiger partial charge on any atom is -0.387 e. The second-order valence-electron chi connectivity index (χ2n) is 8.12. The number of fused-ring (bicyclic) bond motifs is 1. The molecule has 1 aliphatic heterocycles. The lowest BCUT2D eigenvalue weighted by Gasteiger charge is -2.34. The molecule has 0 unspecified atom stereocenters. The van der Waals surface area contributed by atoms with E-state index < -0.39 is 35.8 Å². The molecule has 0 amide bonds. The summed E-state index contributed by atoms with van der Waals surface area (Å²) in [5.74, 6) is -1.44. The molecular weight excluding hydrogens is 433 g/mol. The van der Waals surface area contributed by atoms with Crippen molar-refractivity contribution in [3.8, 4) is 0 Å². The van der Waals surface area contributed by atoms with Crippen molar-refractivity contribution in [2.45, 2.75) is 37.2 Å². The molecule has 1 aromatic heterocycles. The highest BCUT2D eigenvalue weighted by Crippen LogP contribution is 2.30. The van der Waals surface area contributed by atoms with Crippen molar-refractivity contribution in [1.29, 1.82) is 0 Å².